The number of ether oxygens (including phenoxy) is 1. The van der Waals surface area contributed by atoms with Gasteiger partial charge in [0.1, 0.15) is 5.75 Å². The Bertz CT molecular complexity index is 1190. The van der Waals surface area contributed by atoms with Crippen LogP contribution in [-0.4, -0.2) is 16.4 Å². The summed E-state index contributed by atoms with van der Waals surface area (Å²) >= 11 is 10.2. The van der Waals surface area contributed by atoms with Crippen LogP contribution in [0.15, 0.2) is 82.4 Å². The van der Waals surface area contributed by atoms with E-state index < -0.39 is 5.72 Å². The van der Waals surface area contributed by atoms with Crippen LogP contribution in [-0.2, 0) is 0 Å². The molecule has 32 heavy (non-hydrogen) atoms. The fourth-order valence-corrected chi connectivity index (χ4v) is 6.19. The molecule has 3 nitrogen and oxygen atoms in total. The third-order valence-electron chi connectivity index (χ3n) is 7.18. The van der Waals surface area contributed by atoms with Gasteiger partial charge in [0, 0.05) is 39.9 Å². The lowest BCUT2D eigenvalue weighted by atomic mass is 9.78. The van der Waals surface area contributed by atoms with E-state index in [1.54, 1.807) is 0 Å². The number of hydrazone groups is 1. The third-order valence-corrected chi connectivity index (χ3v) is 8.00. The molecule has 1 spiro atoms. The zero-order chi connectivity index (χ0) is 21.7. The molecule has 0 bridgehead atoms. The summed E-state index contributed by atoms with van der Waals surface area (Å²) in [4.78, 5) is 0. The lowest BCUT2D eigenvalue weighted by Crippen LogP contribution is -2.55. The predicted molar refractivity (Wildman–Crippen MR) is 132 cm³/mol. The minimum Gasteiger partial charge on any atom is -0.466 e. The van der Waals surface area contributed by atoms with Crippen LogP contribution in [0.1, 0.15) is 60.8 Å². The molecule has 3 aliphatic rings. The van der Waals surface area contributed by atoms with Gasteiger partial charge in [0.2, 0.25) is 0 Å². The van der Waals surface area contributed by atoms with E-state index in [4.69, 9.17) is 21.4 Å². The highest BCUT2D eigenvalue weighted by Gasteiger charge is 2.52. The van der Waals surface area contributed by atoms with Gasteiger partial charge in [0.15, 0.2) is 5.72 Å². The maximum atomic E-state index is 6.79. The minimum atomic E-state index is -0.403. The first kappa shape index (κ1) is 20.3. The summed E-state index contributed by atoms with van der Waals surface area (Å²) in [5, 5.41) is 8.19. The molecule has 3 aromatic rings. The summed E-state index contributed by atoms with van der Waals surface area (Å²) in [6, 6.07) is 25.4. The van der Waals surface area contributed by atoms with Crippen LogP contribution in [0.2, 0.25) is 5.02 Å². The number of hydrogen-bond acceptors (Lipinski definition) is 3. The molecule has 2 heterocycles. The van der Waals surface area contributed by atoms with E-state index in [1.807, 2.05) is 18.2 Å². The van der Waals surface area contributed by atoms with Crippen molar-refractivity contribution >= 4 is 33.2 Å². The van der Waals surface area contributed by atoms with Crippen LogP contribution < -0.4 is 4.74 Å². The topological polar surface area (TPSA) is 24.8 Å². The highest BCUT2D eigenvalue weighted by atomic mass is 79.9. The van der Waals surface area contributed by atoms with Gasteiger partial charge in [-0.25, -0.2) is 5.01 Å². The number of rotatable bonds is 2. The molecule has 1 saturated carbocycles. The predicted octanol–water partition coefficient (Wildman–Crippen LogP) is 7.70. The minimum absolute atomic E-state index is 0.163. The molecule has 0 amide bonds. The maximum absolute atomic E-state index is 6.79. The second kappa shape index (κ2) is 7.93. The molecule has 1 fully saturated rings. The molecule has 0 radical (unpaired) electrons. The highest BCUT2D eigenvalue weighted by Crippen LogP contribution is 2.53. The molecule has 2 aliphatic heterocycles. The van der Waals surface area contributed by atoms with Crippen LogP contribution in [0.25, 0.3) is 0 Å². The Kier molecular flexibility index (Phi) is 5.03. The number of hydrogen-bond donors (Lipinski definition) is 0. The van der Waals surface area contributed by atoms with Crippen molar-refractivity contribution in [2.75, 3.05) is 0 Å². The van der Waals surface area contributed by atoms with Crippen molar-refractivity contribution in [2.45, 2.75) is 49.8 Å². The second-order valence-corrected chi connectivity index (χ2v) is 10.3. The lowest BCUT2D eigenvalue weighted by molar-refractivity contribution is -0.142. The fourth-order valence-electron chi connectivity index (χ4n) is 5.57. The molecule has 0 saturated heterocycles. The third kappa shape index (κ3) is 3.36. The molecule has 1 atom stereocenters. The van der Waals surface area contributed by atoms with Crippen molar-refractivity contribution in [1.29, 1.82) is 0 Å². The Morgan fingerprint density at radius 1 is 0.969 bits per heavy atom. The van der Waals surface area contributed by atoms with Crippen LogP contribution in [0.4, 0.5) is 0 Å². The molecule has 5 heteroatoms. The van der Waals surface area contributed by atoms with Gasteiger partial charge in [-0.2, -0.15) is 5.10 Å². The number of halogens is 2. The van der Waals surface area contributed by atoms with Crippen molar-refractivity contribution in [2.24, 2.45) is 5.10 Å². The van der Waals surface area contributed by atoms with E-state index in [-0.39, 0.29) is 6.04 Å². The summed E-state index contributed by atoms with van der Waals surface area (Å²) < 4.78 is 7.86. The van der Waals surface area contributed by atoms with Crippen LogP contribution in [0, 0.1) is 0 Å². The van der Waals surface area contributed by atoms with Crippen LogP contribution >= 0.6 is 27.5 Å². The van der Waals surface area contributed by atoms with E-state index in [0.717, 1.165) is 58.6 Å². The van der Waals surface area contributed by atoms with Gasteiger partial charge >= 0.3 is 0 Å². The lowest BCUT2D eigenvalue weighted by Gasteiger charge is -2.50. The van der Waals surface area contributed by atoms with Crippen molar-refractivity contribution in [1.82, 2.24) is 5.01 Å². The molecular weight excluding hydrogens is 484 g/mol. The van der Waals surface area contributed by atoms with E-state index in [9.17, 15) is 0 Å². The van der Waals surface area contributed by atoms with Crippen molar-refractivity contribution < 1.29 is 4.74 Å². The fraction of sp³-hybridized carbons (Fsp3) is 0.296. The van der Waals surface area contributed by atoms with Gasteiger partial charge < -0.3 is 4.74 Å². The highest BCUT2D eigenvalue weighted by molar-refractivity contribution is 9.10. The van der Waals surface area contributed by atoms with Crippen molar-refractivity contribution in [3.8, 4) is 5.75 Å². The smallest absolute Gasteiger partial charge is 0.198 e. The van der Waals surface area contributed by atoms with Crippen molar-refractivity contribution in [3.63, 3.8) is 0 Å². The Balaban J connectivity index is 1.38. The summed E-state index contributed by atoms with van der Waals surface area (Å²) in [7, 11) is 0. The largest absolute Gasteiger partial charge is 0.466 e. The zero-order valence-corrected chi connectivity index (χ0v) is 20.0. The van der Waals surface area contributed by atoms with Gasteiger partial charge in [-0.15, -0.1) is 0 Å². The summed E-state index contributed by atoms with van der Waals surface area (Å²) in [6.45, 7) is 0. The van der Waals surface area contributed by atoms with Gasteiger partial charge in [0.25, 0.3) is 0 Å². The molecule has 0 unspecified atom stereocenters. The Labute approximate surface area is 202 Å². The first-order valence-electron chi connectivity index (χ1n) is 11.3. The first-order chi connectivity index (χ1) is 15.6. The number of nitrogens with zero attached hydrogens (tertiary/aromatic N) is 2. The van der Waals surface area contributed by atoms with E-state index in [0.29, 0.717) is 5.92 Å². The Hall–Kier alpha value is -2.30. The quantitative estimate of drug-likeness (QED) is 0.355. The Morgan fingerprint density at radius 2 is 1.72 bits per heavy atom. The zero-order valence-electron chi connectivity index (χ0n) is 17.7. The van der Waals surface area contributed by atoms with E-state index >= 15 is 0 Å². The standard InChI is InChI=1S/C27H24BrClN2O/c28-20-10-11-26-22(16-20)25-17-24(21-8-4-5-9-23(21)29)30-31(25)27(32-26)14-12-19(13-15-27)18-6-2-1-3-7-18/h1-11,16,19,25H,12-15,17H2/t19?,25-,27?/m1/s1. The summed E-state index contributed by atoms with van der Waals surface area (Å²) in [5.41, 5.74) is 4.29. The van der Waals surface area contributed by atoms with Crippen LogP contribution in [0.5, 0.6) is 5.75 Å². The van der Waals surface area contributed by atoms with Gasteiger partial charge in [-0.05, 0) is 48.6 Å². The normalized spacial score (nSPS) is 26.3. The first-order valence-corrected chi connectivity index (χ1v) is 12.5. The number of benzene rings is 3. The molecule has 0 aromatic heterocycles. The SMILES string of the molecule is Clc1ccccc1C1=NN2[C@H](C1)c1cc(Br)ccc1OC21CCC(c2ccccc2)CC1. The van der Waals surface area contributed by atoms with Gasteiger partial charge in [0.05, 0.1) is 11.8 Å². The summed E-state index contributed by atoms with van der Waals surface area (Å²) in [6.07, 6.45) is 4.93. The maximum Gasteiger partial charge on any atom is 0.198 e. The molecule has 162 valence electrons. The molecule has 0 N–H and O–H groups in total. The van der Waals surface area contributed by atoms with E-state index in [2.05, 4.69) is 75.5 Å². The number of fused-ring (bicyclic) bond motifs is 4. The second-order valence-electron chi connectivity index (χ2n) is 9.01. The molecular formula is C27H24BrClN2O. The molecule has 6 rings (SSSR count). The molecule has 1 aliphatic carbocycles. The van der Waals surface area contributed by atoms with Gasteiger partial charge in [-0.3, -0.25) is 0 Å². The average Bonchev–Trinajstić information content (AvgIpc) is 3.28. The van der Waals surface area contributed by atoms with Gasteiger partial charge in [-0.1, -0.05) is 76.1 Å². The van der Waals surface area contributed by atoms with Crippen molar-refractivity contribution in [3.05, 3.63) is 99.0 Å². The average molecular weight is 508 g/mol. The molecule has 3 aromatic carbocycles. The monoisotopic (exact) mass is 506 g/mol. The summed E-state index contributed by atoms with van der Waals surface area (Å²) in [5.74, 6) is 1.56. The van der Waals surface area contributed by atoms with E-state index in [1.165, 1.54) is 11.1 Å². The Morgan fingerprint density at radius 3 is 2.50 bits per heavy atom. The van der Waals surface area contributed by atoms with Crippen LogP contribution in [0.3, 0.4) is 0 Å².